The molecule has 5 rings (SSSR count). The Morgan fingerprint density at radius 2 is 2.19 bits per heavy atom. The van der Waals surface area contributed by atoms with Gasteiger partial charge in [-0.15, -0.1) is 0 Å². The van der Waals surface area contributed by atoms with Crippen molar-refractivity contribution in [2.75, 3.05) is 13.1 Å². The van der Waals surface area contributed by atoms with Gasteiger partial charge in [0.1, 0.15) is 5.69 Å². The van der Waals surface area contributed by atoms with E-state index in [4.69, 9.17) is 4.42 Å². The number of fused-ring (bicyclic) bond motifs is 2. The molecule has 2 atom stereocenters. The molecule has 6 heteroatoms. The van der Waals surface area contributed by atoms with E-state index in [2.05, 4.69) is 20.7 Å². The highest BCUT2D eigenvalue weighted by Crippen LogP contribution is 2.30. The maximum Gasteiger partial charge on any atom is 0.271 e. The molecule has 2 aliphatic heterocycles. The lowest BCUT2D eigenvalue weighted by molar-refractivity contribution is 0.0410. The topological polar surface area (TPSA) is 58.4 Å². The Bertz CT molecular complexity index is 934. The van der Waals surface area contributed by atoms with Crippen LogP contribution >= 0.6 is 11.5 Å². The second kappa shape index (κ2) is 6.52. The largest absolute Gasteiger partial charge is 0.472 e. The second-order valence-corrected chi connectivity index (χ2v) is 8.05. The smallest absolute Gasteiger partial charge is 0.271 e. The minimum atomic E-state index is -0.0405. The number of aromatic nitrogens is 1. The molecule has 2 fully saturated rings. The number of carbonyl (C=O) groups is 1. The van der Waals surface area contributed by atoms with Crippen LogP contribution in [0, 0.1) is 0 Å². The number of carbonyl (C=O) groups excluding carboxylic acids is 1. The van der Waals surface area contributed by atoms with Crippen LogP contribution < -0.4 is 5.32 Å². The van der Waals surface area contributed by atoms with E-state index in [1.165, 1.54) is 43.8 Å². The van der Waals surface area contributed by atoms with Gasteiger partial charge in [0, 0.05) is 23.5 Å². The van der Waals surface area contributed by atoms with Crippen molar-refractivity contribution in [2.45, 2.75) is 37.8 Å². The minimum Gasteiger partial charge on any atom is -0.472 e. The van der Waals surface area contributed by atoms with Gasteiger partial charge < -0.3 is 9.73 Å². The van der Waals surface area contributed by atoms with E-state index in [0.29, 0.717) is 11.7 Å². The van der Waals surface area contributed by atoms with Crippen LogP contribution in [-0.4, -0.2) is 40.4 Å². The third-order valence-corrected chi connectivity index (χ3v) is 6.48. The van der Waals surface area contributed by atoms with Crippen molar-refractivity contribution in [3.63, 3.8) is 0 Å². The van der Waals surface area contributed by atoms with Gasteiger partial charge in [-0.05, 0) is 48.6 Å². The molecule has 0 bridgehead atoms. The molecule has 0 spiro atoms. The number of hydrogen-bond donors (Lipinski definition) is 1. The molecule has 134 valence electrons. The molecule has 0 aliphatic carbocycles. The molecular weight excluding hydrogens is 346 g/mol. The molecule has 2 aliphatic rings. The third-order valence-electron chi connectivity index (χ3n) is 5.67. The summed E-state index contributed by atoms with van der Waals surface area (Å²) < 4.78 is 10.6. The van der Waals surface area contributed by atoms with Crippen LogP contribution in [0.4, 0.5) is 0 Å². The summed E-state index contributed by atoms with van der Waals surface area (Å²) in [6.45, 7) is 2.15. The van der Waals surface area contributed by atoms with Crippen molar-refractivity contribution in [1.29, 1.82) is 0 Å². The van der Waals surface area contributed by atoms with E-state index in [9.17, 15) is 4.79 Å². The predicted molar refractivity (Wildman–Crippen MR) is 102 cm³/mol. The molecule has 3 aromatic rings. The predicted octanol–water partition coefficient (Wildman–Crippen LogP) is 3.91. The lowest BCUT2D eigenvalue weighted by Crippen LogP contribution is -2.66. The first-order valence-electron chi connectivity index (χ1n) is 9.26. The van der Waals surface area contributed by atoms with Gasteiger partial charge in [-0.25, -0.2) is 0 Å². The fourth-order valence-electron chi connectivity index (χ4n) is 4.20. The maximum absolute atomic E-state index is 12.8. The van der Waals surface area contributed by atoms with Crippen molar-refractivity contribution in [1.82, 2.24) is 14.6 Å². The Morgan fingerprint density at radius 1 is 1.23 bits per heavy atom. The van der Waals surface area contributed by atoms with E-state index in [1.807, 2.05) is 18.2 Å². The van der Waals surface area contributed by atoms with Gasteiger partial charge in [-0.2, -0.15) is 4.37 Å². The van der Waals surface area contributed by atoms with Crippen molar-refractivity contribution < 1.29 is 9.21 Å². The summed E-state index contributed by atoms with van der Waals surface area (Å²) >= 11 is 1.38. The zero-order chi connectivity index (χ0) is 17.5. The first kappa shape index (κ1) is 16.0. The molecule has 0 saturated carbocycles. The highest BCUT2D eigenvalue weighted by molar-refractivity contribution is 7.13. The average molecular weight is 367 g/mol. The summed E-state index contributed by atoms with van der Waals surface area (Å²) in [7, 11) is 0. The first-order chi connectivity index (χ1) is 12.8. The number of furan rings is 1. The number of amides is 1. The summed E-state index contributed by atoms with van der Waals surface area (Å²) in [6.07, 6.45) is 8.45. The molecule has 1 unspecified atom stereocenters. The normalized spacial score (nSPS) is 23.2. The van der Waals surface area contributed by atoms with Gasteiger partial charge in [0.15, 0.2) is 0 Å². The molecule has 26 heavy (non-hydrogen) atoms. The highest BCUT2D eigenvalue weighted by Gasteiger charge is 2.40. The van der Waals surface area contributed by atoms with E-state index in [-0.39, 0.29) is 11.9 Å². The van der Waals surface area contributed by atoms with E-state index < -0.39 is 0 Å². The van der Waals surface area contributed by atoms with Crippen molar-refractivity contribution in [3.05, 3.63) is 42.5 Å². The zero-order valence-corrected chi connectivity index (χ0v) is 15.3. The Morgan fingerprint density at radius 3 is 3.08 bits per heavy atom. The number of benzene rings is 1. The zero-order valence-electron chi connectivity index (χ0n) is 14.5. The second-order valence-electron chi connectivity index (χ2n) is 7.25. The summed E-state index contributed by atoms with van der Waals surface area (Å²) in [5, 5.41) is 4.16. The Kier molecular flexibility index (Phi) is 4.02. The van der Waals surface area contributed by atoms with Crippen LogP contribution in [0.3, 0.4) is 0 Å². The molecule has 1 N–H and O–H groups in total. The maximum atomic E-state index is 12.8. The lowest BCUT2D eigenvalue weighted by atomic mass is 9.93. The van der Waals surface area contributed by atoms with Gasteiger partial charge in [-0.3, -0.25) is 9.69 Å². The first-order valence-corrected chi connectivity index (χ1v) is 10.0. The van der Waals surface area contributed by atoms with Gasteiger partial charge in [0.25, 0.3) is 5.91 Å². The molecule has 1 aromatic carbocycles. The quantitative estimate of drug-likeness (QED) is 0.762. The lowest BCUT2D eigenvalue weighted by Gasteiger charge is -2.47. The fraction of sp³-hybridized carbons (Fsp3) is 0.400. The van der Waals surface area contributed by atoms with E-state index in [0.717, 1.165) is 27.8 Å². The fourth-order valence-corrected chi connectivity index (χ4v) is 5.01. The molecule has 0 radical (unpaired) electrons. The van der Waals surface area contributed by atoms with Gasteiger partial charge >= 0.3 is 0 Å². The van der Waals surface area contributed by atoms with E-state index in [1.54, 1.807) is 12.5 Å². The third kappa shape index (κ3) is 2.73. The standard InChI is InChI=1S/C20H21N3O2S/c24-20(21-16-11-23-8-3-1-2-4-17(16)23)19-15-6-5-13(10-18(15)26-22-19)14-7-9-25-12-14/h5-7,9-10,12,16-17H,1-4,8,11H2,(H,21,24)/t16-,17?/m1/s1. The monoisotopic (exact) mass is 367 g/mol. The average Bonchev–Trinajstić information content (AvgIpc) is 3.27. The molecule has 5 nitrogen and oxygen atoms in total. The highest BCUT2D eigenvalue weighted by atomic mass is 32.1. The van der Waals surface area contributed by atoms with Crippen molar-refractivity contribution in [3.8, 4) is 11.1 Å². The summed E-state index contributed by atoms with van der Waals surface area (Å²) in [6, 6.07) is 8.81. The van der Waals surface area contributed by atoms with Crippen LogP contribution in [0.15, 0.2) is 41.2 Å². The van der Waals surface area contributed by atoms with Gasteiger partial charge in [-0.1, -0.05) is 25.0 Å². The van der Waals surface area contributed by atoms with Gasteiger partial charge in [0.05, 0.1) is 23.3 Å². The molecule has 4 heterocycles. The van der Waals surface area contributed by atoms with Crippen LogP contribution in [-0.2, 0) is 0 Å². The van der Waals surface area contributed by atoms with E-state index >= 15 is 0 Å². The summed E-state index contributed by atoms with van der Waals surface area (Å²) in [5.41, 5.74) is 2.67. The van der Waals surface area contributed by atoms with Gasteiger partial charge in [0.2, 0.25) is 0 Å². The van der Waals surface area contributed by atoms with Crippen LogP contribution in [0.25, 0.3) is 21.2 Å². The number of nitrogens with zero attached hydrogens (tertiary/aromatic N) is 2. The Balaban J connectivity index is 1.35. The summed E-state index contributed by atoms with van der Waals surface area (Å²) in [4.78, 5) is 15.3. The number of rotatable bonds is 3. The Hall–Kier alpha value is -2.18. The molecule has 2 saturated heterocycles. The van der Waals surface area contributed by atoms with Crippen molar-refractivity contribution in [2.24, 2.45) is 0 Å². The van der Waals surface area contributed by atoms with Crippen molar-refractivity contribution >= 4 is 27.5 Å². The van der Waals surface area contributed by atoms with Crippen LogP contribution in [0.1, 0.15) is 36.2 Å². The molecule has 2 aromatic heterocycles. The summed E-state index contributed by atoms with van der Waals surface area (Å²) in [5.74, 6) is -0.0405. The van der Waals surface area contributed by atoms with Crippen LogP contribution in [0.2, 0.25) is 0 Å². The SMILES string of the molecule is O=C(N[C@@H]1CN2CCCCCC12)c1nsc2cc(-c3ccoc3)ccc12. The molecular formula is C20H21N3O2S. The number of nitrogens with one attached hydrogen (secondary N) is 1. The number of hydrogen-bond acceptors (Lipinski definition) is 5. The van der Waals surface area contributed by atoms with Crippen LogP contribution in [0.5, 0.6) is 0 Å². The molecule has 1 amide bonds. The Labute approximate surface area is 156 Å². The minimum absolute atomic E-state index is 0.0405.